The SMILES string of the molecule is CC(=O)Nc1cccc(OCC#CCNS(=O)(=O)c2ccc(C(F)(F)F)cc2)c1. The Kier molecular flexibility index (Phi) is 7.25. The van der Waals surface area contributed by atoms with E-state index in [0.29, 0.717) is 23.6 Å². The van der Waals surface area contributed by atoms with Crippen LogP contribution in [0, 0.1) is 11.8 Å². The molecule has 154 valence electrons. The minimum Gasteiger partial charge on any atom is -0.481 e. The molecule has 0 saturated heterocycles. The van der Waals surface area contributed by atoms with Crippen LogP contribution in [-0.4, -0.2) is 27.5 Å². The largest absolute Gasteiger partial charge is 0.481 e. The van der Waals surface area contributed by atoms with Crippen molar-refractivity contribution < 1.29 is 31.1 Å². The number of hydrogen-bond acceptors (Lipinski definition) is 4. The van der Waals surface area contributed by atoms with Gasteiger partial charge in [0.1, 0.15) is 12.4 Å². The number of carbonyl (C=O) groups excluding carboxylic acids is 1. The summed E-state index contributed by atoms with van der Waals surface area (Å²) in [7, 11) is -3.98. The van der Waals surface area contributed by atoms with E-state index < -0.39 is 21.8 Å². The molecule has 2 N–H and O–H groups in total. The minimum atomic E-state index is -4.54. The fourth-order valence-electron chi connectivity index (χ4n) is 2.14. The number of amides is 1. The van der Waals surface area contributed by atoms with Gasteiger partial charge in [-0.2, -0.15) is 17.9 Å². The molecule has 10 heteroatoms. The van der Waals surface area contributed by atoms with Crippen LogP contribution < -0.4 is 14.8 Å². The predicted molar refractivity (Wildman–Crippen MR) is 101 cm³/mol. The molecule has 0 aliphatic heterocycles. The van der Waals surface area contributed by atoms with Gasteiger partial charge in [0, 0.05) is 18.7 Å². The minimum absolute atomic E-state index is 0.0223. The van der Waals surface area contributed by atoms with Gasteiger partial charge in [-0.05, 0) is 36.4 Å². The van der Waals surface area contributed by atoms with Gasteiger partial charge >= 0.3 is 6.18 Å². The fourth-order valence-corrected chi connectivity index (χ4v) is 3.06. The van der Waals surface area contributed by atoms with E-state index >= 15 is 0 Å². The van der Waals surface area contributed by atoms with E-state index in [-0.39, 0.29) is 24.0 Å². The molecule has 1 amide bonds. The maximum atomic E-state index is 12.5. The lowest BCUT2D eigenvalue weighted by Crippen LogP contribution is -2.24. The Hall–Kier alpha value is -3.03. The molecule has 29 heavy (non-hydrogen) atoms. The second-order valence-corrected chi connectivity index (χ2v) is 7.46. The van der Waals surface area contributed by atoms with Gasteiger partial charge in [0.15, 0.2) is 0 Å². The van der Waals surface area contributed by atoms with Crippen LogP contribution in [0.4, 0.5) is 18.9 Å². The van der Waals surface area contributed by atoms with E-state index in [1.165, 1.54) is 6.92 Å². The second-order valence-electron chi connectivity index (χ2n) is 5.70. The number of nitrogens with one attached hydrogen (secondary N) is 2. The van der Waals surface area contributed by atoms with Gasteiger partial charge in [-0.3, -0.25) is 4.79 Å². The zero-order valence-corrected chi connectivity index (χ0v) is 16.0. The molecule has 0 heterocycles. The Labute approximate surface area is 166 Å². The van der Waals surface area contributed by atoms with Gasteiger partial charge < -0.3 is 10.1 Å². The van der Waals surface area contributed by atoms with Gasteiger partial charge in [-0.15, -0.1) is 0 Å². The first-order chi connectivity index (χ1) is 13.6. The lowest BCUT2D eigenvalue weighted by molar-refractivity contribution is -0.137. The molecule has 2 rings (SSSR count). The Bertz CT molecular complexity index is 1020. The summed E-state index contributed by atoms with van der Waals surface area (Å²) < 4.78 is 69.2. The summed E-state index contributed by atoms with van der Waals surface area (Å²) in [5.74, 6) is 5.41. The van der Waals surface area contributed by atoms with Crippen LogP contribution in [-0.2, 0) is 21.0 Å². The van der Waals surface area contributed by atoms with Crippen molar-refractivity contribution in [3.8, 4) is 17.6 Å². The first kappa shape index (κ1) is 22.3. The molecule has 0 radical (unpaired) electrons. The first-order valence-electron chi connectivity index (χ1n) is 8.21. The molecule has 0 fully saturated rings. The number of halogens is 3. The Balaban J connectivity index is 1.86. The predicted octanol–water partition coefficient (Wildman–Crippen LogP) is 3.02. The summed E-state index contributed by atoms with van der Waals surface area (Å²) in [6, 6.07) is 9.80. The topological polar surface area (TPSA) is 84.5 Å². The Morgan fingerprint density at radius 3 is 2.41 bits per heavy atom. The van der Waals surface area contributed by atoms with Crippen molar-refractivity contribution in [3.63, 3.8) is 0 Å². The standard InChI is InChI=1S/C19H17F3N2O4S/c1-14(25)24-16-5-4-6-17(13-16)28-12-3-2-11-23-29(26,27)18-9-7-15(8-10-18)19(20,21)22/h4-10,13,23H,11-12H2,1H3,(H,24,25). The molecule has 0 saturated carbocycles. The number of alkyl halides is 3. The summed E-state index contributed by atoms with van der Waals surface area (Å²) in [5.41, 5.74) is -0.372. The van der Waals surface area contributed by atoms with E-state index in [1.807, 2.05) is 0 Å². The maximum Gasteiger partial charge on any atom is 0.416 e. The van der Waals surface area contributed by atoms with Gasteiger partial charge in [0.25, 0.3) is 0 Å². The third-order valence-electron chi connectivity index (χ3n) is 3.43. The maximum absolute atomic E-state index is 12.5. The number of sulfonamides is 1. The molecule has 0 aromatic heterocycles. The summed E-state index contributed by atoms with van der Waals surface area (Å²) in [4.78, 5) is 10.7. The number of rotatable bonds is 6. The van der Waals surface area contributed by atoms with Crippen LogP contribution in [0.5, 0.6) is 5.75 Å². The molecular weight excluding hydrogens is 409 g/mol. The van der Waals surface area contributed by atoms with Gasteiger partial charge in [-0.1, -0.05) is 17.9 Å². The molecular formula is C19H17F3N2O4S. The molecule has 6 nitrogen and oxygen atoms in total. The highest BCUT2D eigenvalue weighted by Crippen LogP contribution is 2.29. The van der Waals surface area contributed by atoms with Crippen molar-refractivity contribution in [1.82, 2.24) is 4.72 Å². The third kappa shape index (κ3) is 7.14. The lowest BCUT2D eigenvalue weighted by Gasteiger charge is -2.08. The summed E-state index contributed by atoms with van der Waals surface area (Å²) >= 11 is 0. The van der Waals surface area contributed by atoms with E-state index in [4.69, 9.17) is 4.74 Å². The van der Waals surface area contributed by atoms with E-state index in [9.17, 15) is 26.4 Å². The fraction of sp³-hybridized carbons (Fsp3) is 0.211. The van der Waals surface area contributed by atoms with Crippen LogP contribution in [0.1, 0.15) is 12.5 Å². The molecule has 0 unspecified atom stereocenters. The average molecular weight is 426 g/mol. The highest BCUT2D eigenvalue weighted by Gasteiger charge is 2.30. The zero-order valence-electron chi connectivity index (χ0n) is 15.2. The molecule has 0 aliphatic carbocycles. The van der Waals surface area contributed by atoms with Crippen molar-refractivity contribution in [2.45, 2.75) is 18.0 Å². The van der Waals surface area contributed by atoms with Crippen molar-refractivity contribution in [2.24, 2.45) is 0 Å². The van der Waals surface area contributed by atoms with E-state index in [2.05, 4.69) is 21.9 Å². The van der Waals surface area contributed by atoms with Gasteiger partial charge in [0.2, 0.25) is 15.9 Å². The van der Waals surface area contributed by atoms with Crippen LogP contribution in [0.25, 0.3) is 0 Å². The number of benzene rings is 2. The molecule has 2 aromatic carbocycles. The number of carbonyl (C=O) groups is 1. The zero-order chi connectivity index (χ0) is 21.5. The van der Waals surface area contributed by atoms with E-state index in [1.54, 1.807) is 24.3 Å². The number of hydrogen-bond donors (Lipinski definition) is 2. The van der Waals surface area contributed by atoms with Crippen LogP contribution in [0.3, 0.4) is 0 Å². The van der Waals surface area contributed by atoms with Crippen LogP contribution >= 0.6 is 0 Å². The highest BCUT2D eigenvalue weighted by atomic mass is 32.2. The van der Waals surface area contributed by atoms with Gasteiger partial charge in [0.05, 0.1) is 17.0 Å². The van der Waals surface area contributed by atoms with Crippen LogP contribution in [0.2, 0.25) is 0 Å². The molecule has 0 aliphatic rings. The summed E-state index contributed by atoms with van der Waals surface area (Å²) in [6.07, 6.45) is -4.54. The monoisotopic (exact) mass is 426 g/mol. The lowest BCUT2D eigenvalue weighted by atomic mass is 10.2. The van der Waals surface area contributed by atoms with E-state index in [0.717, 1.165) is 12.1 Å². The third-order valence-corrected chi connectivity index (χ3v) is 4.85. The molecule has 0 spiro atoms. The van der Waals surface area contributed by atoms with Crippen molar-refractivity contribution in [1.29, 1.82) is 0 Å². The van der Waals surface area contributed by atoms with Crippen molar-refractivity contribution >= 4 is 21.6 Å². The smallest absolute Gasteiger partial charge is 0.416 e. The summed E-state index contributed by atoms with van der Waals surface area (Å²) in [6.45, 7) is 1.12. The Morgan fingerprint density at radius 2 is 1.79 bits per heavy atom. The first-order valence-corrected chi connectivity index (χ1v) is 9.69. The molecule has 0 atom stereocenters. The van der Waals surface area contributed by atoms with Gasteiger partial charge in [-0.25, -0.2) is 8.42 Å². The number of ether oxygens (including phenoxy) is 1. The van der Waals surface area contributed by atoms with Crippen molar-refractivity contribution in [2.75, 3.05) is 18.5 Å². The summed E-state index contributed by atoms with van der Waals surface area (Å²) in [5, 5.41) is 2.61. The quantitative estimate of drug-likeness (QED) is 0.696. The highest BCUT2D eigenvalue weighted by molar-refractivity contribution is 7.89. The Morgan fingerprint density at radius 1 is 1.10 bits per heavy atom. The van der Waals surface area contributed by atoms with Crippen molar-refractivity contribution in [3.05, 3.63) is 54.1 Å². The van der Waals surface area contributed by atoms with Crippen LogP contribution in [0.15, 0.2) is 53.4 Å². The average Bonchev–Trinajstić information content (AvgIpc) is 2.64. The molecule has 2 aromatic rings. The normalized spacial score (nSPS) is 11.3. The molecule has 0 bridgehead atoms. The number of anilines is 1. The second kappa shape index (κ2) is 9.45.